The van der Waals surface area contributed by atoms with Crippen molar-refractivity contribution in [2.24, 2.45) is 0 Å². The lowest BCUT2D eigenvalue weighted by molar-refractivity contribution is 0.0628. The molecule has 0 unspecified atom stereocenters. The van der Waals surface area contributed by atoms with E-state index in [0.29, 0.717) is 37.7 Å². The second kappa shape index (κ2) is 10.3. The lowest BCUT2D eigenvalue weighted by Crippen LogP contribution is -2.48. The molecule has 0 atom stereocenters. The standard InChI is InChI=1S/C22H20ClF2N5O2S/c23-18-11-16(25)5-6-17(18)22(32)30-9-7-29(8-10-30)13-19-27-28-21(33-19)20(31)26-12-14-1-3-15(24)4-2-14/h1-6,11H,7-10,12-13H2,(H,26,31). The van der Waals surface area contributed by atoms with E-state index < -0.39 is 5.82 Å². The summed E-state index contributed by atoms with van der Waals surface area (Å²) in [4.78, 5) is 28.8. The van der Waals surface area contributed by atoms with Crippen molar-refractivity contribution in [3.8, 4) is 0 Å². The molecule has 0 spiro atoms. The first-order valence-corrected chi connectivity index (χ1v) is 11.4. The third-order valence-electron chi connectivity index (χ3n) is 5.21. The largest absolute Gasteiger partial charge is 0.346 e. The fraction of sp³-hybridized carbons (Fsp3) is 0.273. The monoisotopic (exact) mass is 491 g/mol. The highest BCUT2D eigenvalue weighted by molar-refractivity contribution is 7.13. The van der Waals surface area contributed by atoms with Crippen molar-refractivity contribution < 1.29 is 18.4 Å². The molecule has 1 aliphatic heterocycles. The zero-order valence-electron chi connectivity index (χ0n) is 17.4. The number of hydrogen-bond donors (Lipinski definition) is 1. The summed E-state index contributed by atoms with van der Waals surface area (Å²) in [6.07, 6.45) is 0. The molecule has 11 heteroatoms. The number of benzene rings is 2. The number of amides is 2. The van der Waals surface area contributed by atoms with E-state index in [1.807, 2.05) is 0 Å². The minimum Gasteiger partial charge on any atom is -0.346 e. The topological polar surface area (TPSA) is 78.4 Å². The molecule has 1 N–H and O–H groups in total. The van der Waals surface area contributed by atoms with Crippen molar-refractivity contribution in [2.45, 2.75) is 13.1 Å². The van der Waals surface area contributed by atoms with Crippen molar-refractivity contribution in [3.05, 3.63) is 80.3 Å². The van der Waals surface area contributed by atoms with E-state index in [-0.39, 0.29) is 39.8 Å². The first-order chi connectivity index (χ1) is 15.9. The molecule has 0 aliphatic carbocycles. The zero-order valence-corrected chi connectivity index (χ0v) is 19.0. The Morgan fingerprint density at radius 2 is 1.70 bits per heavy atom. The quantitative estimate of drug-likeness (QED) is 0.572. The summed E-state index contributed by atoms with van der Waals surface area (Å²) < 4.78 is 26.2. The lowest BCUT2D eigenvalue weighted by Gasteiger charge is -2.34. The molecular formula is C22H20ClF2N5O2S. The summed E-state index contributed by atoms with van der Waals surface area (Å²) >= 11 is 7.22. The highest BCUT2D eigenvalue weighted by Crippen LogP contribution is 2.20. The molecule has 2 amide bonds. The molecule has 2 aromatic carbocycles. The molecule has 0 bridgehead atoms. The zero-order chi connectivity index (χ0) is 23.4. The van der Waals surface area contributed by atoms with Gasteiger partial charge in [0, 0.05) is 32.7 Å². The molecule has 1 fully saturated rings. The Hall–Kier alpha value is -2.95. The Bertz CT molecular complexity index is 1150. The van der Waals surface area contributed by atoms with E-state index in [1.165, 1.54) is 35.6 Å². The second-order valence-corrected chi connectivity index (χ2v) is 8.97. The molecule has 1 aliphatic rings. The summed E-state index contributed by atoms with van der Waals surface area (Å²) in [6, 6.07) is 9.64. The Kier molecular flexibility index (Phi) is 7.26. The van der Waals surface area contributed by atoms with E-state index in [9.17, 15) is 18.4 Å². The number of rotatable bonds is 6. The molecule has 1 aromatic heterocycles. The van der Waals surface area contributed by atoms with Crippen LogP contribution in [0.3, 0.4) is 0 Å². The van der Waals surface area contributed by atoms with Crippen molar-refractivity contribution in [3.63, 3.8) is 0 Å². The second-order valence-electron chi connectivity index (χ2n) is 7.50. The van der Waals surface area contributed by atoms with Crippen LogP contribution in [0.4, 0.5) is 8.78 Å². The molecule has 4 rings (SSSR count). The van der Waals surface area contributed by atoms with Crippen LogP contribution in [-0.4, -0.2) is 58.0 Å². The molecule has 3 aromatic rings. The number of nitrogens with one attached hydrogen (secondary N) is 1. The minimum absolute atomic E-state index is 0.0986. The molecule has 172 valence electrons. The first-order valence-electron chi connectivity index (χ1n) is 10.2. The number of nitrogens with zero attached hydrogens (tertiary/aromatic N) is 4. The van der Waals surface area contributed by atoms with Crippen molar-refractivity contribution in [2.75, 3.05) is 26.2 Å². The number of carbonyl (C=O) groups excluding carboxylic acids is 2. The van der Waals surface area contributed by atoms with Gasteiger partial charge in [-0.15, -0.1) is 10.2 Å². The van der Waals surface area contributed by atoms with Crippen LogP contribution in [0.1, 0.15) is 30.7 Å². The number of carbonyl (C=O) groups is 2. The summed E-state index contributed by atoms with van der Waals surface area (Å²) in [5.41, 5.74) is 1.07. The third-order valence-corrected chi connectivity index (χ3v) is 6.43. The Morgan fingerprint density at radius 3 is 2.39 bits per heavy atom. The van der Waals surface area contributed by atoms with Gasteiger partial charge in [-0.05, 0) is 35.9 Å². The molecule has 1 saturated heterocycles. The summed E-state index contributed by atoms with van der Waals surface area (Å²) in [6.45, 7) is 3.02. The molecule has 0 saturated carbocycles. The average Bonchev–Trinajstić information content (AvgIpc) is 3.27. The summed E-state index contributed by atoms with van der Waals surface area (Å²) in [5.74, 6) is -1.38. The predicted molar refractivity (Wildman–Crippen MR) is 120 cm³/mol. The maximum absolute atomic E-state index is 13.2. The summed E-state index contributed by atoms with van der Waals surface area (Å²) in [5, 5.41) is 11.9. The van der Waals surface area contributed by atoms with E-state index in [0.717, 1.165) is 11.6 Å². The normalized spacial score (nSPS) is 14.3. The predicted octanol–water partition coefficient (Wildman–Crippen LogP) is 3.36. The Balaban J connectivity index is 1.26. The number of halogens is 3. The van der Waals surface area contributed by atoms with E-state index >= 15 is 0 Å². The Morgan fingerprint density at radius 1 is 1.00 bits per heavy atom. The van der Waals surface area contributed by atoms with E-state index in [1.54, 1.807) is 17.0 Å². The van der Waals surface area contributed by atoms with Crippen LogP contribution in [0.5, 0.6) is 0 Å². The van der Waals surface area contributed by atoms with Crippen molar-refractivity contribution >= 4 is 34.8 Å². The van der Waals surface area contributed by atoms with Gasteiger partial charge in [0.15, 0.2) is 0 Å². The highest BCUT2D eigenvalue weighted by atomic mass is 35.5. The van der Waals surface area contributed by atoms with Crippen molar-refractivity contribution in [1.82, 2.24) is 25.3 Å². The van der Waals surface area contributed by atoms with Crippen molar-refractivity contribution in [1.29, 1.82) is 0 Å². The van der Waals surface area contributed by atoms with Gasteiger partial charge in [0.05, 0.1) is 17.1 Å². The smallest absolute Gasteiger partial charge is 0.282 e. The number of hydrogen-bond acceptors (Lipinski definition) is 6. The average molecular weight is 492 g/mol. The molecule has 0 radical (unpaired) electrons. The van der Waals surface area contributed by atoms with Crippen LogP contribution in [0.25, 0.3) is 0 Å². The van der Waals surface area contributed by atoms with Gasteiger partial charge < -0.3 is 10.2 Å². The van der Waals surface area contributed by atoms with E-state index in [2.05, 4.69) is 20.4 Å². The SMILES string of the molecule is O=C(NCc1ccc(F)cc1)c1nnc(CN2CCN(C(=O)c3ccc(F)cc3Cl)CC2)s1. The van der Waals surface area contributed by atoms with Gasteiger partial charge in [0.25, 0.3) is 11.8 Å². The van der Waals surface area contributed by atoms with Gasteiger partial charge in [-0.1, -0.05) is 35.1 Å². The third kappa shape index (κ3) is 5.89. The van der Waals surface area contributed by atoms with Gasteiger partial charge in [-0.25, -0.2) is 8.78 Å². The molecule has 33 heavy (non-hydrogen) atoms. The van der Waals surface area contributed by atoms with Gasteiger partial charge in [-0.2, -0.15) is 0 Å². The Labute approximate surface area is 198 Å². The van der Waals surface area contributed by atoms with Gasteiger partial charge >= 0.3 is 0 Å². The van der Waals surface area contributed by atoms with E-state index in [4.69, 9.17) is 11.6 Å². The number of aromatic nitrogens is 2. The van der Waals surface area contributed by atoms with Crippen LogP contribution in [0.2, 0.25) is 5.02 Å². The lowest BCUT2D eigenvalue weighted by atomic mass is 10.1. The van der Waals surface area contributed by atoms with Gasteiger partial charge in [0.2, 0.25) is 5.01 Å². The fourth-order valence-electron chi connectivity index (χ4n) is 3.40. The molecule has 2 heterocycles. The number of piperazine rings is 1. The maximum atomic E-state index is 13.2. The molecule has 7 nitrogen and oxygen atoms in total. The van der Waals surface area contributed by atoms with Gasteiger partial charge in [-0.3, -0.25) is 14.5 Å². The van der Waals surface area contributed by atoms with Crippen LogP contribution in [0.15, 0.2) is 42.5 Å². The van der Waals surface area contributed by atoms with Gasteiger partial charge in [0.1, 0.15) is 16.6 Å². The minimum atomic E-state index is -0.484. The first kappa shape index (κ1) is 23.2. The highest BCUT2D eigenvalue weighted by Gasteiger charge is 2.25. The van der Waals surface area contributed by atoms with Crippen LogP contribution < -0.4 is 5.32 Å². The summed E-state index contributed by atoms with van der Waals surface area (Å²) in [7, 11) is 0. The fourth-order valence-corrected chi connectivity index (χ4v) is 4.45. The maximum Gasteiger partial charge on any atom is 0.282 e. The van der Waals surface area contributed by atoms with Crippen LogP contribution in [-0.2, 0) is 13.1 Å². The molecular weight excluding hydrogens is 472 g/mol. The van der Waals surface area contributed by atoms with Crippen LogP contribution >= 0.6 is 22.9 Å². The van der Waals surface area contributed by atoms with Crippen LogP contribution in [0, 0.1) is 11.6 Å².